The Balaban J connectivity index is 1.92. The van der Waals surface area contributed by atoms with Crippen molar-refractivity contribution < 1.29 is 33.0 Å². The molecule has 4 atom stereocenters. The molecule has 2 amide bonds. The average Bonchev–Trinajstić information content (AvgIpc) is 3.29. The van der Waals surface area contributed by atoms with Crippen molar-refractivity contribution >= 4 is 20.3 Å². The monoisotopic (exact) mass is 549 g/mol. The minimum absolute atomic E-state index is 0.0983. The summed E-state index contributed by atoms with van der Waals surface area (Å²) in [6.07, 6.45) is -1.52. The molecule has 2 fully saturated rings. The van der Waals surface area contributed by atoms with Gasteiger partial charge in [-0.3, -0.25) is 4.79 Å². The summed E-state index contributed by atoms with van der Waals surface area (Å²) in [5.74, 6) is -1.14. The smallest absolute Gasteiger partial charge is 0.417 e. The molecule has 0 unspecified atom stereocenters. The normalized spacial score (nSPS) is 25.1. The number of amides is 2. The van der Waals surface area contributed by atoms with Crippen LogP contribution in [0.2, 0.25) is 18.1 Å². The Morgan fingerprint density at radius 1 is 1.11 bits per heavy atom. The van der Waals surface area contributed by atoms with Gasteiger partial charge in [0.2, 0.25) is 5.91 Å². The highest BCUT2D eigenvalue weighted by Crippen LogP contribution is 2.42. The molecule has 0 aliphatic carbocycles. The van der Waals surface area contributed by atoms with E-state index in [4.69, 9.17) is 23.4 Å². The summed E-state index contributed by atoms with van der Waals surface area (Å²) in [7, 11) is -2.36. The summed E-state index contributed by atoms with van der Waals surface area (Å²) in [5.41, 5.74) is 0.331. The number of likely N-dealkylation sites (tertiary alicyclic amines) is 1. The average molecular weight is 550 g/mol. The first-order chi connectivity index (χ1) is 17.4. The van der Waals surface area contributed by atoms with Gasteiger partial charge in [-0.1, -0.05) is 51.1 Å². The van der Waals surface area contributed by atoms with E-state index < -0.39 is 50.2 Å². The zero-order valence-electron chi connectivity index (χ0n) is 24.8. The summed E-state index contributed by atoms with van der Waals surface area (Å²) in [5, 5.41) is -0.0983. The van der Waals surface area contributed by atoms with Gasteiger partial charge >= 0.3 is 6.09 Å². The number of imide groups is 1. The SMILES string of the molecule is CC(C)(C)OC(=O)N1C(=O)CC[C@@H]1[C@H](O[Si](C)(C)C(C)(C)C)[C@@H]1OC(C)(C)O[C@H]1COCc1ccccc1. The van der Waals surface area contributed by atoms with E-state index in [1.54, 1.807) is 20.8 Å². The second kappa shape index (κ2) is 11.4. The van der Waals surface area contributed by atoms with Crippen molar-refractivity contribution in [2.45, 2.75) is 129 Å². The van der Waals surface area contributed by atoms with Crippen LogP contribution in [-0.4, -0.2) is 67.6 Å². The Hall–Kier alpha value is -1.78. The fraction of sp³-hybridized carbons (Fsp3) is 0.724. The Morgan fingerprint density at radius 3 is 2.32 bits per heavy atom. The predicted octanol–water partition coefficient (Wildman–Crippen LogP) is 6.04. The molecule has 1 aromatic rings. The fourth-order valence-corrected chi connectivity index (χ4v) is 5.91. The van der Waals surface area contributed by atoms with Crippen LogP contribution in [0.15, 0.2) is 30.3 Å². The molecule has 2 aliphatic rings. The lowest BCUT2D eigenvalue weighted by molar-refractivity contribution is -0.160. The summed E-state index contributed by atoms with van der Waals surface area (Å²) in [6.45, 7) is 20.7. The Bertz CT molecular complexity index is 967. The molecule has 38 heavy (non-hydrogen) atoms. The fourth-order valence-electron chi connectivity index (χ4n) is 4.58. The minimum atomic E-state index is -2.36. The topological polar surface area (TPSA) is 83.5 Å². The van der Waals surface area contributed by atoms with Crippen molar-refractivity contribution in [1.82, 2.24) is 4.90 Å². The van der Waals surface area contributed by atoms with Gasteiger partial charge in [0.1, 0.15) is 17.8 Å². The maximum Gasteiger partial charge on any atom is 0.417 e. The lowest BCUT2D eigenvalue weighted by Crippen LogP contribution is -2.58. The van der Waals surface area contributed by atoms with E-state index in [9.17, 15) is 9.59 Å². The van der Waals surface area contributed by atoms with Crippen LogP contribution in [0, 0.1) is 0 Å². The number of carbonyl (C=O) groups is 2. The number of rotatable bonds is 8. The van der Waals surface area contributed by atoms with Crippen LogP contribution in [0.25, 0.3) is 0 Å². The van der Waals surface area contributed by atoms with E-state index in [0.29, 0.717) is 13.0 Å². The van der Waals surface area contributed by atoms with Gasteiger partial charge in [-0.15, -0.1) is 0 Å². The lowest BCUT2D eigenvalue weighted by atomic mass is 9.99. The number of benzene rings is 1. The van der Waals surface area contributed by atoms with Crippen molar-refractivity contribution in [2.75, 3.05) is 6.61 Å². The van der Waals surface area contributed by atoms with Gasteiger partial charge in [0.25, 0.3) is 0 Å². The molecule has 2 heterocycles. The zero-order chi connectivity index (χ0) is 28.5. The van der Waals surface area contributed by atoms with Crippen molar-refractivity contribution in [2.24, 2.45) is 0 Å². The molecule has 3 rings (SSSR count). The van der Waals surface area contributed by atoms with E-state index >= 15 is 0 Å². The molecule has 2 aliphatic heterocycles. The summed E-state index contributed by atoms with van der Waals surface area (Å²) in [6, 6.07) is 9.42. The van der Waals surface area contributed by atoms with Gasteiger partial charge in [0, 0.05) is 6.42 Å². The van der Waals surface area contributed by atoms with Crippen LogP contribution in [-0.2, 0) is 34.8 Å². The third-order valence-electron chi connectivity index (χ3n) is 7.40. The molecule has 0 saturated carbocycles. The van der Waals surface area contributed by atoms with Crippen LogP contribution in [0.3, 0.4) is 0 Å². The Labute approximate surface area is 229 Å². The van der Waals surface area contributed by atoms with Gasteiger partial charge in [-0.05, 0) is 64.7 Å². The molecule has 1 aromatic carbocycles. The van der Waals surface area contributed by atoms with Gasteiger partial charge in [-0.2, -0.15) is 0 Å². The molecule has 9 heteroatoms. The summed E-state index contributed by atoms with van der Waals surface area (Å²) in [4.78, 5) is 27.5. The molecule has 8 nitrogen and oxygen atoms in total. The summed E-state index contributed by atoms with van der Waals surface area (Å²) < 4.78 is 31.5. The van der Waals surface area contributed by atoms with E-state index in [1.165, 1.54) is 4.90 Å². The van der Waals surface area contributed by atoms with Crippen LogP contribution >= 0.6 is 0 Å². The third kappa shape index (κ3) is 7.66. The van der Waals surface area contributed by atoms with Crippen molar-refractivity contribution in [3.8, 4) is 0 Å². The number of hydrogen-bond acceptors (Lipinski definition) is 7. The first-order valence-electron chi connectivity index (χ1n) is 13.6. The van der Waals surface area contributed by atoms with Crippen molar-refractivity contribution in [3.63, 3.8) is 0 Å². The van der Waals surface area contributed by atoms with Gasteiger partial charge in [0.05, 0.1) is 25.4 Å². The maximum absolute atomic E-state index is 13.2. The van der Waals surface area contributed by atoms with E-state index in [-0.39, 0.29) is 24.0 Å². The molecule has 0 N–H and O–H groups in total. The Kier molecular flexibility index (Phi) is 9.20. The van der Waals surface area contributed by atoms with Gasteiger partial charge in [-0.25, -0.2) is 9.69 Å². The van der Waals surface area contributed by atoms with E-state index in [0.717, 1.165) is 5.56 Å². The quantitative estimate of drug-likeness (QED) is 0.366. The number of ether oxygens (including phenoxy) is 4. The number of carbonyl (C=O) groups excluding carboxylic acids is 2. The summed E-state index contributed by atoms with van der Waals surface area (Å²) >= 11 is 0. The standard InChI is InChI=1S/C29H47NO7Si/c1-27(2,3)36-26(32)30-21(16-17-23(30)31)24(37-38(9,10)28(4,5)6)25-22(34-29(7,8)35-25)19-33-18-20-14-12-11-13-15-20/h11-15,21-22,24-25H,16-19H2,1-10H3/t21-,22+,24+,25-/m1/s1. The van der Waals surface area contributed by atoms with Crippen LogP contribution in [0.4, 0.5) is 4.79 Å². The lowest BCUT2D eigenvalue weighted by Gasteiger charge is -2.44. The zero-order valence-corrected chi connectivity index (χ0v) is 25.8. The van der Waals surface area contributed by atoms with Crippen LogP contribution in [0.1, 0.15) is 73.8 Å². The second-order valence-electron chi connectivity index (χ2n) is 13.3. The molecular formula is C29H47NO7Si. The van der Waals surface area contributed by atoms with Crippen LogP contribution < -0.4 is 0 Å². The Morgan fingerprint density at radius 2 is 1.74 bits per heavy atom. The first kappa shape index (κ1) is 30.8. The molecule has 214 valence electrons. The second-order valence-corrected chi connectivity index (χ2v) is 18.1. The third-order valence-corrected chi connectivity index (χ3v) is 11.9. The van der Waals surface area contributed by atoms with E-state index in [2.05, 4.69) is 33.9 Å². The van der Waals surface area contributed by atoms with Gasteiger partial charge in [0.15, 0.2) is 14.1 Å². The number of nitrogens with zero attached hydrogens (tertiary/aromatic N) is 1. The molecule has 0 radical (unpaired) electrons. The predicted molar refractivity (Wildman–Crippen MR) is 148 cm³/mol. The van der Waals surface area contributed by atoms with E-state index in [1.807, 2.05) is 44.2 Å². The maximum atomic E-state index is 13.2. The number of hydrogen-bond donors (Lipinski definition) is 0. The molecule has 0 aromatic heterocycles. The van der Waals surface area contributed by atoms with Crippen molar-refractivity contribution in [1.29, 1.82) is 0 Å². The molecule has 2 saturated heterocycles. The van der Waals surface area contributed by atoms with Crippen LogP contribution in [0.5, 0.6) is 0 Å². The minimum Gasteiger partial charge on any atom is -0.443 e. The molecular weight excluding hydrogens is 502 g/mol. The highest BCUT2D eigenvalue weighted by molar-refractivity contribution is 6.74. The molecule has 0 spiro atoms. The highest BCUT2D eigenvalue weighted by atomic mass is 28.4. The molecule has 0 bridgehead atoms. The van der Waals surface area contributed by atoms with Gasteiger partial charge < -0.3 is 23.4 Å². The highest BCUT2D eigenvalue weighted by Gasteiger charge is 2.55. The first-order valence-corrected chi connectivity index (χ1v) is 16.5. The van der Waals surface area contributed by atoms with Crippen molar-refractivity contribution in [3.05, 3.63) is 35.9 Å². The largest absolute Gasteiger partial charge is 0.443 e.